The molecule has 21 heavy (non-hydrogen) atoms. The molecular formula is C16H24N2O2S. The SMILES string of the molecule is CC(CNC(=O)N1CCC(CO)CC1)Sc1ccccc1. The molecule has 0 spiro atoms. The van der Waals surface area contributed by atoms with E-state index >= 15 is 0 Å². The van der Waals surface area contributed by atoms with Crippen LogP contribution < -0.4 is 5.32 Å². The summed E-state index contributed by atoms with van der Waals surface area (Å²) >= 11 is 1.77. The van der Waals surface area contributed by atoms with E-state index in [9.17, 15) is 4.79 Å². The number of hydrogen-bond donors (Lipinski definition) is 2. The highest BCUT2D eigenvalue weighted by molar-refractivity contribution is 8.00. The lowest BCUT2D eigenvalue weighted by atomic mass is 9.98. The van der Waals surface area contributed by atoms with Crippen molar-refractivity contribution in [2.75, 3.05) is 26.2 Å². The van der Waals surface area contributed by atoms with Gasteiger partial charge in [0.25, 0.3) is 0 Å². The van der Waals surface area contributed by atoms with Gasteiger partial charge < -0.3 is 15.3 Å². The zero-order valence-electron chi connectivity index (χ0n) is 12.5. The van der Waals surface area contributed by atoms with Crippen molar-refractivity contribution in [3.63, 3.8) is 0 Å². The summed E-state index contributed by atoms with van der Waals surface area (Å²) in [5, 5.41) is 12.5. The second-order valence-corrected chi connectivity index (χ2v) is 7.05. The Balaban J connectivity index is 1.69. The quantitative estimate of drug-likeness (QED) is 0.822. The molecule has 2 N–H and O–H groups in total. The lowest BCUT2D eigenvalue weighted by Gasteiger charge is -2.31. The number of thioether (sulfide) groups is 1. The second kappa shape index (κ2) is 8.29. The number of hydrogen-bond acceptors (Lipinski definition) is 3. The van der Waals surface area contributed by atoms with Gasteiger partial charge in [-0.05, 0) is 30.9 Å². The molecule has 1 aliphatic rings. The fourth-order valence-electron chi connectivity index (χ4n) is 2.43. The van der Waals surface area contributed by atoms with E-state index in [0.29, 0.717) is 17.7 Å². The molecule has 1 heterocycles. The number of rotatable bonds is 5. The van der Waals surface area contributed by atoms with Crippen molar-refractivity contribution in [3.8, 4) is 0 Å². The lowest BCUT2D eigenvalue weighted by Crippen LogP contribution is -2.46. The number of nitrogens with zero attached hydrogens (tertiary/aromatic N) is 1. The summed E-state index contributed by atoms with van der Waals surface area (Å²) < 4.78 is 0. The van der Waals surface area contributed by atoms with E-state index in [1.807, 2.05) is 23.1 Å². The lowest BCUT2D eigenvalue weighted by molar-refractivity contribution is 0.137. The number of aliphatic hydroxyl groups excluding tert-OH is 1. The van der Waals surface area contributed by atoms with Crippen LogP contribution >= 0.6 is 11.8 Å². The maximum atomic E-state index is 12.1. The molecule has 1 atom stereocenters. The zero-order chi connectivity index (χ0) is 15.1. The Morgan fingerprint density at radius 2 is 2.05 bits per heavy atom. The highest BCUT2D eigenvalue weighted by Gasteiger charge is 2.22. The number of piperidine rings is 1. The minimum atomic E-state index is 0.0203. The van der Waals surface area contributed by atoms with Crippen molar-refractivity contribution < 1.29 is 9.90 Å². The van der Waals surface area contributed by atoms with Crippen molar-refractivity contribution in [2.24, 2.45) is 5.92 Å². The predicted octanol–water partition coefficient (Wildman–Crippen LogP) is 2.58. The molecule has 0 saturated carbocycles. The van der Waals surface area contributed by atoms with Crippen LogP contribution in [0, 0.1) is 5.92 Å². The molecule has 0 aromatic heterocycles. The zero-order valence-corrected chi connectivity index (χ0v) is 13.3. The van der Waals surface area contributed by atoms with Crippen molar-refractivity contribution >= 4 is 17.8 Å². The first kappa shape index (κ1) is 16.2. The van der Waals surface area contributed by atoms with E-state index in [4.69, 9.17) is 5.11 Å². The van der Waals surface area contributed by atoms with E-state index in [2.05, 4.69) is 24.4 Å². The smallest absolute Gasteiger partial charge is 0.317 e. The molecule has 0 bridgehead atoms. The van der Waals surface area contributed by atoms with Crippen LogP contribution in [0.15, 0.2) is 35.2 Å². The minimum absolute atomic E-state index is 0.0203. The molecule has 0 radical (unpaired) electrons. The number of aliphatic hydroxyl groups is 1. The highest BCUT2D eigenvalue weighted by atomic mass is 32.2. The number of benzene rings is 1. The maximum Gasteiger partial charge on any atom is 0.317 e. The van der Waals surface area contributed by atoms with Gasteiger partial charge in [-0.1, -0.05) is 25.1 Å². The van der Waals surface area contributed by atoms with E-state index in [1.54, 1.807) is 11.8 Å². The summed E-state index contributed by atoms with van der Waals surface area (Å²) in [7, 11) is 0. The summed E-state index contributed by atoms with van der Waals surface area (Å²) in [6, 6.07) is 10.3. The molecule has 4 nitrogen and oxygen atoms in total. The topological polar surface area (TPSA) is 52.6 Å². The fourth-order valence-corrected chi connectivity index (χ4v) is 3.38. The molecular weight excluding hydrogens is 284 g/mol. The number of likely N-dealkylation sites (tertiary alicyclic amines) is 1. The summed E-state index contributed by atoms with van der Waals surface area (Å²) in [4.78, 5) is 15.2. The molecule has 1 saturated heterocycles. The summed E-state index contributed by atoms with van der Waals surface area (Å²) in [6.07, 6.45) is 1.80. The Morgan fingerprint density at radius 3 is 2.67 bits per heavy atom. The summed E-state index contributed by atoms with van der Waals surface area (Å²) in [5.41, 5.74) is 0. The first-order valence-corrected chi connectivity index (χ1v) is 8.42. The Morgan fingerprint density at radius 1 is 1.38 bits per heavy atom. The number of carbonyl (C=O) groups is 1. The van der Waals surface area contributed by atoms with Gasteiger partial charge >= 0.3 is 6.03 Å². The van der Waals surface area contributed by atoms with Gasteiger partial charge in [0.05, 0.1) is 0 Å². The average Bonchev–Trinajstić information content (AvgIpc) is 2.53. The number of nitrogens with one attached hydrogen (secondary N) is 1. The van der Waals surface area contributed by atoms with Crippen LogP contribution in [0.3, 0.4) is 0 Å². The van der Waals surface area contributed by atoms with Crippen LogP contribution in [0.2, 0.25) is 0 Å². The summed E-state index contributed by atoms with van der Waals surface area (Å²) in [5.74, 6) is 0.363. The van der Waals surface area contributed by atoms with Crippen LogP contribution in [-0.2, 0) is 0 Å². The monoisotopic (exact) mass is 308 g/mol. The number of carbonyl (C=O) groups excluding carboxylic acids is 1. The molecule has 1 fully saturated rings. The number of amides is 2. The van der Waals surface area contributed by atoms with Crippen LogP contribution in [0.5, 0.6) is 0 Å². The van der Waals surface area contributed by atoms with Gasteiger partial charge in [0.1, 0.15) is 0 Å². The molecule has 0 aliphatic carbocycles. The first-order chi connectivity index (χ1) is 10.2. The van der Waals surface area contributed by atoms with E-state index in [0.717, 1.165) is 25.9 Å². The first-order valence-electron chi connectivity index (χ1n) is 7.54. The third-order valence-corrected chi connectivity index (χ3v) is 4.89. The van der Waals surface area contributed by atoms with Gasteiger partial charge in [-0.15, -0.1) is 11.8 Å². The number of urea groups is 1. The molecule has 1 aliphatic heterocycles. The molecule has 5 heteroatoms. The van der Waals surface area contributed by atoms with Gasteiger partial charge in [0.15, 0.2) is 0 Å². The Hall–Kier alpha value is -1.20. The molecule has 2 rings (SSSR count). The molecule has 1 aromatic carbocycles. The Kier molecular flexibility index (Phi) is 6.39. The van der Waals surface area contributed by atoms with E-state index in [1.165, 1.54) is 4.90 Å². The summed E-state index contributed by atoms with van der Waals surface area (Å²) in [6.45, 7) is 4.52. The molecule has 2 amide bonds. The normalized spacial score (nSPS) is 17.5. The molecule has 116 valence electrons. The second-order valence-electron chi connectivity index (χ2n) is 5.54. The predicted molar refractivity (Wildman–Crippen MR) is 86.5 cm³/mol. The van der Waals surface area contributed by atoms with Crippen molar-refractivity contribution in [2.45, 2.75) is 29.9 Å². The van der Waals surface area contributed by atoms with Gasteiger partial charge in [-0.3, -0.25) is 0 Å². The third-order valence-electron chi connectivity index (χ3n) is 3.78. The average molecular weight is 308 g/mol. The van der Waals surface area contributed by atoms with Gasteiger partial charge in [-0.2, -0.15) is 0 Å². The van der Waals surface area contributed by atoms with Crippen LogP contribution in [0.1, 0.15) is 19.8 Å². The van der Waals surface area contributed by atoms with Crippen molar-refractivity contribution in [1.29, 1.82) is 0 Å². The standard InChI is InChI=1S/C16H24N2O2S/c1-13(21-15-5-3-2-4-6-15)11-17-16(20)18-9-7-14(12-19)8-10-18/h2-6,13-14,19H,7-12H2,1H3,(H,17,20). The maximum absolute atomic E-state index is 12.1. The van der Waals surface area contributed by atoms with Crippen LogP contribution in [-0.4, -0.2) is 47.5 Å². The molecule has 1 aromatic rings. The van der Waals surface area contributed by atoms with Crippen molar-refractivity contribution in [3.05, 3.63) is 30.3 Å². The minimum Gasteiger partial charge on any atom is -0.396 e. The fraction of sp³-hybridized carbons (Fsp3) is 0.562. The Labute approximate surface area is 130 Å². The largest absolute Gasteiger partial charge is 0.396 e. The van der Waals surface area contributed by atoms with Crippen LogP contribution in [0.4, 0.5) is 4.79 Å². The van der Waals surface area contributed by atoms with Gasteiger partial charge in [0, 0.05) is 36.4 Å². The van der Waals surface area contributed by atoms with Crippen LogP contribution in [0.25, 0.3) is 0 Å². The Bertz CT molecular complexity index is 433. The van der Waals surface area contributed by atoms with Gasteiger partial charge in [-0.25, -0.2) is 4.79 Å². The van der Waals surface area contributed by atoms with Gasteiger partial charge in [0.2, 0.25) is 0 Å². The third kappa shape index (κ3) is 5.25. The van der Waals surface area contributed by atoms with E-state index < -0.39 is 0 Å². The van der Waals surface area contributed by atoms with E-state index in [-0.39, 0.29) is 12.6 Å². The van der Waals surface area contributed by atoms with Crippen molar-refractivity contribution in [1.82, 2.24) is 10.2 Å². The molecule has 1 unspecified atom stereocenters. The highest BCUT2D eigenvalue weighted by Crippen LogP contribution is 2.22.